The molecular formula is C15H25NO4SSi. The van der Waals surface area contributed by atoms with Crippen molar-refractivity contribution in [2.75, 3.05) is 12.3 Å². The van der Waals surface area contributed by atoms with E-state index >= 15 is 0 Å². The van der Waals surface area contributed by atoms with E-state index in [2.05, 4.69) is 20.8 Å². The summed E-state index contributed by atoms with van der Waals surface area (Å²) in [5.41, 5.74) is 6.35. The number of anilines is 1. The minimum absolute atomic E-state index is 0.206. The van der Waals surface area contributed by atoms with Gasteiger partial charge in [0.25, 0.3) is 0 Å². The molecule has 2 unspecified atom stereocenters. The van der Waals surface area contributed by atoms with Gasteiger partial charge in [0.1, 0.15) is 11.1 Å². The van der Waals surface area contributed by atoms with Crippen LogP contribution in [0.3, 0.4) is 0 Å². The number of aromatic carboxylic acids is 1. The Balaban J connectivity index is 2.45. The number of carboxylic acid groups (broad SMARTS) is 1. The first-order valence-electron chi connectivity index (χ1n) is 7.85. The number of nitrogen functional groups attached to an aromatic ring is 1. The van der Waals surface area contributed by atoms with Gasteiger partial charge in [0.15, 0.2) is 0 Å². The summed E-state index contributed by atoms with van der Waals surface area (Å²) in [4.78, 5) is 12.2. The zero-order valence-electron chi connectivity index (χ0n) is 13.4. The van der Waals surface area contributed by atoms with Crippen LogP contribution in [0.4, 0.5) is 5.00 Å². The molecule has 2 atom stereocenters. The van der Waals surface area contributed by atoms with E-state index in [0.717, 1.165) is 28.6 Å². The predicted octanol–water partition coefficient (Wildman–Crippen LogP) is 3.05. The fraction of sp³-hybridized carbons (Fsp3) is 0.667. The highest BCUT2D eigenvalue weighted by molar-refractivity contribution is 7.16. The summed E-state index contributed by atoms with van der Waals surface area (Å²) >= 11 is 1.26. The van der Waals surface area contributed by atoms with Crippen LogP contribution in [0, 0.1) is 0 Å². The standard InChI is InChI=1S/C15H25NO4SSi/c1-4-22(5-2,6-3)15(19)11-12-9(7-8-20-11)10(14(17)18)13(16)21-12/h11,15,19H,4-8,16H2,1-3H3,(H,17,18). The molecule has 0 radical (unpaired) electrons. The van der Waals surface area contributed by atoms with Crippen LogP contribution in [0.5, 0.6) is 0 Å². The van der Waals surface area contributed by atoms with Gasteiger partial charge < -0.3 is 20.7 Å². The van der Waals surface area contributed by atoms with Crippen LogP contribution < -0.4 is 5.73 Å². The van der Waals surface area contributed by atoms with Crippen LogP contribution in [-0.4, -0.2) is 36.6 Å². The smallest absolute Gasteiger partial charge is 0.338 e. The lowest BCUT2D eigenvalue weighted by atomic mass is 10.0. The van der Waals surface area contributed by atoms with E-state index in [-0.39, 0.29) is 5.56 Å². The molecule has 0 bridgehead atoms. The molecule has 0 aliphatic carbocycles. The summed E-state index contributed by atoms with van der Waals surface area (Å²) in [6.07, 6.45) is 0.128. The summed E-state index contributed by atoms with van der Waals surface area (Å²) in [5, 5.41) is 20.7. The van der Waals surface area contributed by atoms with Gasteiger partial charge in [-0.05, 0) is 12.0 Å². The van der Waals surface area contributed by atoms with Crippen molar-refractivity contribution in [2.45, 2.75) is 57.2 Å². The summed E-state index contributed by atoms with van der Waals surface area (Å²) in [6, 6.07) is 2.97. The zero-order chi connectivity index (χ0) is 16.5. The van der Waals surface area contributed by atoms with E-state index in [1.54, 1.807) is 0 Å². The highest BCUT2D eigenvalue weighted by atomic mass is 32.1. The van der Waals surface area contributed by atoms with Crippen molar-refractivity contribution in [3.05, 3.63) is 16.0 Å². The SMILES string of the molecule is CC[Si](CC)(CC)C(O)C1OCCc2c1sc(N)c2C(=O)O. The van der Waals surface area contributed by atoms with E-state index in [4.69, 9.17) is 10.5 Å². The molecule has 7 heteroatoms. The lowest BCUT2D eigenvalue weighted by Crippen LogP contribution is -2.50. The topological polar surface area (TPSA) is 92.8 Å². The molecule has 1 aliphatic rings. The van der Waals surface area contributed by atoms with Crippen LogP contribution in [0.15, 0.2) is 0 Å². The number of fused-ring (bicyclic) bond motifs is 1. The fourth-order valence-corrected chi connectivity index (χ4v) is 8.48. The first-order valence-corrected chi connectivity index (χ1v) is 11.4. The van der Waals surface area contributed by atoms with E-state index in [9.17, 15) is 15.0 Å². The molecule has 4 N–H and O–H groups in total. The fourth-order valence-electron chi connectivity index (χ4n) is 3.51. The predicted molar refractivity (Wildman–Crippen MR) is 91.3 cm³/mol. The van der Waals surface area contributed by atoms with Gasteiger partial charge in [-0.1, -0.05) is 38.9 Å². The molecule has 1 aromatic heterocycles. The van der Waals surface area contributed by atoms with Gasteiger partial charge in [-0.2, -0.15) is 0 Å². The maximum Gasteiger partial charge on any atom is 0.338 e. The largest absolute Gasteiger partial charge is 0.478 e. The second-order valence-electron chi connectivity index (χ2n) is 5.90. The number of carbonyl (C=O) groups is 1. The average Bonchev–Trinajstić information content (AvgIpc) is 2.85. The van der Waals surface area contributed by atoms with Gasteiger partial charge in [0, 0.05) is 4.88 Å². The molecule has 5 nitrogen and oxygen atoms in total. The Morgan fingerprint density at radius 1 is 1.41 bits per heavy atom. The van der Waals surface area contributed by atoms with Crippen molar-refractivity contribution >= 4 is 30.4 Å². The zero-order valence-corrected chi connectivity index (χ0v) is 15.2. The number of hydrogen-bond acceptors (Lipinski definition) is 5. The molecule has 0 saturated carbocycles. The third-order valence-electron chi connectivity index (χ3n) is 5.21. The average molecular weight is 344 g/mol. The van der Waals surface area contributed by atoms with Gasteiger partial charge in [0.2, 0.25) is 0 Å². The first-order chi connectivity index (χ1) is 10.4. The molecule has 1 aliphatic heterocycles. The number of ether oxygens (including phenoxy) is 1. The molecule has 2 rings (SSSR count). The van der Waals surface area contributed by atoms with Crippen LogP contribution in [0.1, 0.15) is 47.7 Å². The van der Waals surface area contributed by atoms with Crippen molar-refractivity contribution in [1.82, 2.24) is 0 Å². The lowest BCUT2D eigenvalue weighted by molar-refractivity contribution is -0.0167. The molecule has 124 valence electrons. The minimum atomic E-state index is -1.86. The molecule has 0 saturated heterocycles. The van der Waals surface area contributed by atoms with Crippen molar-refractivity contribution < 1.29 is 19.7 Å². The summed E-state index contributed by atoms with van der Waals surface area (Å²) in [6.45, 7) is 6.85. The normalized spacial score (nSPS) is 19.7. The molecule has 2 heterocycles. The Morgan fingerprint density at radius 3 is 2.50 bits per heavy atom. The van der Waals surface area contributed by atoms with Gasteiger partial charge in [-0.3, -0.25) is 0 Å². The van der Waals surface area contributed by atoms with Crippen LogP contribution in [-0.2, 0) is 11.2 Å². The molecule has 22 heavy (non-hydrogen) atoms. The number of nitrogens with two attached hydrogens (primary N) is 1. The third-order valence-corrected chi connectivity index (χ3v) is 12.1. The number of carboxylic acids is 1. The van der Waals surface area contributed by atoms with Crippen molar-refractivity contribution in [1.29, 1.82) is 0 Å². The van der Waals surface area contributed by atoms with Gasteiger partial charge in [-0.15, -0.1) is 11.3 Å². The van der Waals surface area contributed by atoms with E-state index in [1.165, 1.54) is 11.3 Å². The molecule has 0 spiro atoms. The Hall–Kier alpha value is -0.893. The Kier molecular flexibility index (Phi) is 5.32. The number of aliphatic hydroxyl groups excluding tert-OH is 1. The highest BCUT2D eigenvalue weighted by Gasteiger charge is 2.44. The number of thiophene rings is 1. The van der Waals surface area contributed by atoms with Gasteiger partial charge in [0.05, 0.1) is 26.0 Å². The Morgan fingerprint density at radius 2 is 2.00 bits per heavy atom. The second kappa shape index (κ2) is 6.70. The number of aliphatic hydroxyl groups is 1. The Bertz CT molecular complexity index is 548. The maximum absolute atomic E-state index is 11.4. The minimum Gasteiger partial charge on any atom is -0.478 e. The summed E-state index contributed by atoms with van der Waals surface area (Å²) < 4.78 is 5.87. The number of rotatable bonds is 6. The van der Waals surface area contributed by atoms with E-state index < -0.39 is 25.9 Å². The second-order valence-corrected chi connectivity index (χ2v) is 12.4. The quantitative estimate of drug-likeness (QED) is 0.690. The van der Waals surface area contributed by atoms with Gasteiger partial charge >= 0.3 is 5.97 Å². The van der Waals surface area contributed by atoms with E-state index in [1.807, 2.05) is 0 Å². The van der Waals surface area contributed by atoms with Crippen LogP contribution in [0.25, 0.3) is 0 Å². The summed E-state index contributed by atoms with van der Waals surface area (Å²) in [7, 11) is -1.86. The summed E-state index contributed by atoms with van der Waals surface area (Å²) in [5.74, 6) is -0.991. The van der Waals surface area contributed by atoms with Crippen LogP contribution in [0.2, 0.25) is 18.1 Å². The van der Waals surface area contributed by atoms with Crippen molar-refractivity contribution in [3.8, 4) is 0 Å². The van der Waals surface area contributed by atoms with Crippen molar-refractivity contribution in [2.24, 2.45) is 0 Å². The lowest BCUT2D eigenvalue weighted by Gasteiger charge is -2.39. The molecule has 0 amide bonds. The van der Waals surface area contributed by atoms with Crippen molar-refractivity contribution in [3.63, 3.8) is 0 Å². The molecular weight excluding hydrogens is 318 g/mol. The number of hydrogen-bond donors (Lipinski definition) is 3. The van der Waals surface area contributed by atoms with Crippen LogP contribution >= 0.6 is 11.3 Å². The van der Waals surface area contributed by atoms with Gasteiger partial charge in [-0.25, -0.2) is 4.79 Å². The monoisotopic (exact) mass is 343 g/mol. The Labute approximate surface area is 136 Å². The maximum atomic E-state index is 11.4. The molecule has 0 fully saturated rings. The highest BCUT2D eigenvalue weighted by Crippen LogP contribution is 2.44. The van der Waals surface area contributed by atoms with E-state index in [0.29, 0.717) is 18.0 Å². The third kappa shape index (κ3) is 2.71. The molecule has 0 aromatic carbocycles. The molecule has 1 aromatic rings. The first kappa shape index (κ1) is 17.5.